The number of methoxy groups -OCH3 is 2. The van der Waals surface area contributed by atoms with Gasteiger partial charge in [-0.05, 0) is 54.3 Å². The molecule has 7 heteroatoms. The van der Waals surface area contributed by atoms with Gasteiger partial charge in [0, 0.05) is 25.7 Å². The number of phenolic OH excluding ortho intramolecular Hbond substituents is 1. The number of carbonyl (C=O) groups is 1. The molecule has 0 saturated heterocycles. The molecule has 0 heterocycles. The van der Waals surface area contributed by atoms with Crippen LogP contribution in [-0.2, 0) is 11.2 Å². The highest BCUT2D eigenvalue weighted by molar-refractivity contribution is 5.83. The molecule has 2 atom stereocenters. The van der Waals surface area contributed by atoms with Crippen molar-refractivity contribution in [3.8, 4) is 17.2 Å². The predicted molar refractivity (Wildman–Crippen MR) is 130 cm³/mol. The number of carbonyl (C=O) groups excluding carboxylic acids is 1. The van der Waals surface area contributed by atoms with Gasteiger partial charge in [-0.3, -0.25) is 10.1 Å². The van der Waals surface area contributed by atoms with E-state index in [1.807, 2.05) is 48.5 Å². The van der Waals surface area contributed by atoms with Crippen molar-refractivity contribution in [2.75, 3.05) is 28.3 Å². The van der Waals surface area contributed by atoms with Gasteiger partial charge in [-0.25, -0.2) is 4.39 Å². The molecular formula is C27H31FN2O4. The second-order valence-electron chi connectivity index (χ2n) is 8.23. The van der Waals surface area contributed by atoms with Crippen LogP contribution in [0.15, 0.2) is 66.7 Å². The molecule has 3 aromatic carbocycles. The zero-order valence-electron chi connectivity index (χ0n) is 19.9. The summed E-state index contributed by atoms with van der Waals surface area (Å²) >= 11 is 0. The van der Waals surface area contributed by atoms with Gasteiger partial charge in [-0.1, -0.05) is 36.4 Å². The van der Waals surface area contributed by atoms with Crippen molar-refractivity contribution in [3.05, 3.63) is 89.2 Å². The fraction of sp³-hybridized carbons (Fsp3) is 0.296. The van der Waals surface area contributed by atoms with Crippen LogP contribution in [0.5, 0.6) is 17.2 Å². The maximum Gasteiger partial charge on any atom is 0.243 e. The molecular weight excluding hydrogens is 435 g/mol. The number of rotatable bonds is 10. The predicted octanol–water partition coefficient (Wildman–Crippen LogP) is 4.64. The fourth-order valence-electron chi connectivity index (χ4n) is 3.90. The monoisotopic (exact) mass is 466 g/mol. The average molecular weight is 467 g/mol. The van der Waals surface area contributed by atoms with Crippen LogP contribution in [0.25, 0.3) is 0 Å². The summed E-state index contributed by atoms with van der Waals surface area (Å²) in [5.41, 5.74) is 2.16. The van der Waals surface area contributed by atoms with Crippen molar-refractivity contribution in [3.63, 3.8) is 0 Å². The van der Waals surface area contributed by atoms with Crippen LogP contribution in [0.3, 0.4) is 0 Å². The first-order valence-corrected chi connectivity index (χ1v) is 11.1. The third kappa shape index (κ3) is 6.05. The molecule has 0 aliphatic carbocycles. The Morgan fingerprint density at radius 2 is 1.71 bits per heavy atom. The number of aromatic hydroxyl groups is 1. The number of aryl methyl sites for hydroxylation is 1. The van der Waals surface area contributed by atoms with Crippen molar-refractivity contribution >= 4 is 5.91 Å². The first kappa shape index (κ1) is 25.1. The van der Waals surface area contributed by atoms with Crippen molar-refractivity contribution in [1.29, 1.82) is 0 Å². The number of halogens is 1. The van der Waals surface area contributed by atoms with Gasteiger partial charge >= 0.3 is 0 Å². The third-order valence-corrected chi connectivity index (χ3v) is 5.72. The number of phenols is 1. The zero-order chi connectivity index (χ0) is 24.7. The SMILES string of the molecule is COc1ccc(CCC(N[C@@H](C(=O)N(C)C)c2ccccc2)c2cc(F)ccc2O)cc1OC. The average Bonchev–Trinajstić information content (AvgIpc) is 2.85. The van der Waals surface area contributed by atoms with Crippen LogP contribution in [0.1, 0.15) is 35.2 Å². The quantitative estimate of drug-likeness (QED) is 0.456. The molecule has 6 nitrogen and oxygen atoms in total. The van der Waals surface area contributed by atoms with E-state index in [-0.39, 0.29) is 11.7 Å². The molecule has 0 bridgehead atoms. The van der Waals surface area contributed by atoms with Gasteiger partial charge < -0.3 is 19.5 Å². The molecule has 0 radical (unpaired) electrons. The Hall–Kier alpha value is -3.58. The number of likely N-dealkylation sites (N-methyl/N-ethyl adjacent to an activating group) is 1. The molecule has 0 aromatic heterocycles. The summed E-state index contributed by atoms with van der Waals surface area (Å²) in [6.45, 7) is 0. The summed E-state index contributed by atoms with van der Waals surface area (Å²) in [4.78, 5) is 14.6. The van der Waals surface area contributed by atoms with Gasteiger partial charge in [0.05, 0.1) is 14.2 Å². The molecule has 34 heavy (non-hydrogen) atoms. The van der Waals surface area contributed by atoms with E-state index >= 15 is 0 Å². The summed E-state index contributed by atoms with van der Waals surface area (Å²) in [6.07, 6.45) is 1.09. The van der Waals surface area contributed by atoms with E-state index in [1.54, 1.807) is 28.3 Å². The second kappa shape index (κ2) is 11.5. The highest BCUT2D eigenvalue weighted by atomic mass is 19.1. The zero-order valence-corrected chi connectivity index (χ0v) is 19.9. The Morgan fingerprint density at radius 3 is 2.35 bits per heavy atom. The van der Waals surface area contributed by atoms with E-state index in [4.69, 9.17) is 9.47 Å². The maximum absolute atomic E-state index is 14.2. The van der Waals surface area contributed by atoms with E-state index in [2.05, 4.69) is 5.32 Å². The first-order valence-electron chi connectivity index (χ1n) is 11.1. The van der Waals surface area contributed by atoms with Crippen molar-refractivity contribution in [2.45, 2.75) is 24.9 Å². The van der Waals surface area contributed by atoms with Gasteiger partial charge in [-0.2, -0.15) is 0 Å². The van der Waals surface area contributed by atoms with Crippen LogP contribution >= 0.6 is 0 Å². The number of nitrogens with one attached hydrogen (secondary N) is 1. The molecule has 180 valence electrons. The van der Waals surface area contributed by atoms with Gasteiger partial charge in [-0.15, -0.1) is 0 Å². The van der Waals surface area contributed by atoms with Crippen molar-refractivity contribution in [2.24, 2.45) is 0 Å². The maximum atomic E-state index is 14.2. The van der Waals surface area contributed by atoms with Crippen LogP contribution in [0.2, 0.25) is 0 Å². The highest BCUT2D eigenvalue weighted by Gasteiger charge is 2.27. The minimum atomic E-state index is -0.672. The molecule has 2 N–H and O–H groups in total. The fourth-order valence-corrected chi connectivity index (χ4v) is 3.90. The summed E-state index contributed by atoms with van der Waals surface area (Å²) in [5.74, 6) is 0.613. The minimum absolute atomic E-state index is 0.0321. The molecule has 0 fully saturated rings. The van der Waals surface area contributed by atoms with E-state index in [1.165, 1.54) is 23.1 Å². The lowest BCUT2D eigenvalue weighted by Gasteiger charge is -2.28. The number of nitrogens with zero attached hydrogens (tertiary/aromatic N) is 1. The summed E-state index contributed by atoms with van der Waals surface area (Å²) in [6, 6.07) is 17.7. The van der Waals surface area contributed by atoms with Gasteiger partial charge in [0.25, 0.3) is 0 Å². The topological polar surface area (TPSA) is 71.0 Å². The van der Waals surface area contributed by atoms with Crippen LogP contribution in [0.4, 0.5) is 4.39 Å². The third-order valence-electron chi connectivity index (χ3n) is 5.72. The molecule has 3 aromatic rings. The Kier molecular flexibility index (Phi) is 8.49. The summed E-state index contributed by atoms with van der Waals surface area (Å²) in [5, 5.41) is 13.9. The van der Waals surface area contributed by atoms with Gasteiger partial charge in [0.15, 0.2) is 11.5 Å². The number of hydrogen-bond donors (Lipinski definition) is 2. The molecule has 1 unspecified atom stereocenters. The number of benzene rings is 3. The number of amides is 1. The van der Waals surface area contributed by atoms with E-state index in [9.17, 15) is 14.3 Å². The summed E-state index contributed by atoms with van der Waals surface area (Å²) < 4.78 is 24.9. The van der Waals surface area contributed by atoms with E-state index in [0.717, 1.165) is 11.1 Å². The van der Waals surface area contributed by atoms with Crippen molar-refractivity contribution < 1.29 is 23.8 Å². The van der Waals surface area contributed by atoms with Gasteiger partial charge in [0.2, 0.25) is 5.91 Å². The largest absolute Gasteiger partial charge is 0.508 e. The smallest absolute Gasteiger partial charge is 0.243 e. The lowest BCUT2D eigenvalue weighted by molar-refractivity contribution is -0.131. The second-order valence-corrected chi connectivity index (χ2v) is 8.23. The Morgan fingerprint density at radius 1 is 1.00 bits per heavy atom. The number of hydrogen-bond acceptors (Lipinski definition) is 5. The van der Waals surface area contributed by atoms with E-state index < -0.39 is 17.9 Å². The molecule has 0 saturated carbocycles. The van der Waals surface area contributed by atoms with E-state index in [0.29, 0.717) is 29.9 Å². The van der Waals surface area contributed by atoms with Gasteiger partial charge in [0.1, 0.15) is 17.6 Å². The first-order chi connectivity index (χ1) is 16.3. The lowest BCUT2D eigenvalue weighted by atomic mass is 9.95. The molecule has 1 amide bonds. The minimum Gasteiger partial charge on any atom is -0.508 e. The standard InChI is InChI=1S/C27H31FN2O4/c1-30(2)27(32)26(19-8-6-5-7-9-19)29-22(21-17-20(28)12-14-23(21)31)13-10-18-11-15-24(33-3)25(16-18)34-4/h5-9,11-12,14-17,22,26,29,31H,10,13H2,1-4H3/t22?,26-/m1/s1. The Labute approximate surface area is 199 Å². The highest BCUT2D eigenvalue weighted by Crippen LogP contribution is 2.33. The lowest BCUT2D eigenvalue weighted by Crippen LogP contribution is -2.39. The normalized spacial score (nSPS) is 12.6. The molecule has 0 aliphatic heterocycles. The molecule has 0 spiro atoms. The van der Waals surface area contributed by atoms with Crippen LogP contribution in [-0.4, -0.2) is 44.2 Å². The Bertz CT molecular complexity index is 1110. The number of ether oxygens (including phenoxy) is 2. The van der Waals surface area contributed by atoms with Crippen molar-refractivity contribution in [1.82, 2.24) is 10.2 Å². The molecule has 0 aliphatic rings. The Balaban J connectivity index is 1.95. The molecule has 3 rings (SSSR count). The van der Waals surface area contributed by atoms with Crippen LogP contribution in [0, 0.1) is 5.82 Å². The summed E-state index contributed by atoms with van der Waals surface area (Å²) in [7, 11) is 6.54. The van der Waals surface area contributed by atoms with Crippen LogP contribution < -0.4 is 14.8 Å².